The molecule has 4 heteroatoms. The van der Waals surface area contributed by atoms with Gasteiger partial charge in [-0.15, -0.1) is 24.8 Å². The number of allylic oxidation sites excluding steroid dienone is 4. The van der Waals surface area contributed by atoms with Crippen LogP contribution in [0.1, 0.15) is 32.8 Å². The zero-order valence-corrected chi connectivity index (χ0v) is 18.9. The number of rotatable bonds is 4. The standard InChI is InChI=1S/C13H12O.C9H13.2ClH.Ti/c1-10-7-12(9-13(14)8-10)11-5-3-2-4-6-11;1-9(2,3)8-6-4-5-7-8;;;/h2-9,14H,1H3;4,6H,5H2,1-3H3;2*1H;/q;;;;+1/p-1. The van der Waals surface area contributed by atoms with Gasteiger partial charge in [0.25, 0.3) is 0 Å². The molecule has 1 aliphatic rings. The fourth-order valence-electron chi connectivity index (χ4n) is 3.03. The fraction of sp³-hybridized carbons (Fsp3) is 0.273. The molecule has 0 saturated carbocycles. The number of halogens is 2. The maximum atomic E-state index is 6.29. The Morgan fingerprint density at radius 3 is 2.27 bits per heavy atom. The quantitative estimate of drug-likeness (QED) is 0.473. The van der Waals surface area contributed by atoms with E-state index >= 15 is 0 Å². The van der Waals surface area contributed by atoms with E-state index in [0.717, 1.165) is 12.2 Å². The van der Waals surface area contributed by atoms with Crippen molar-refractivity contribution < 1.29 is 22.9 Å². The van der Waals surface area contributed by atoms with Gasteiger partial charge in [-0.25, -0.2) is 0 Å². The van der Waals surface area contributed by atoms with Crippen molar-refractivity contribution in [3.05, 3.63) is 75.7 Å². The minimum Gasteiger partial charge on any atom is -0.147 e. The first-order chi connectivity index (χ1) is 11.4. The van der Waals surface area contributed by atoms with Crippen LogP contribution in [-0.4, -0.2) is 0 Å². The van der Waals surface area contributed by atoms with E-state index in [-0.39, 0.29) is 30.2 Å². The Morgan fingerprint density at radius 1 is 0.923 bits per heavy atom. The van der Waals surface area contributed by atoms with Gasteiger partial charge >= 0.3 is 155 Å². The molecule has 26 heavy (non-hydrogen) atoms. The van der Waals surface area contributed by atoms with Crippen LogP contribution in [0.4, 0.5) is 0 Å². The zero-order valence-electron chi connectivity index (χ0n) is 15.7. The molecule has 0 atom stereocenters. The maximum absolute atomic E-state index is 6.29. The van der Waals surface area contributed by atoms with E-state index in [2.05, 4.69) is 88.4 Å². The van der Waals surface area contributed by atoms with E-state index in [9.17, 15) is 0 Å². The first-order valence-corrected chi connectivity index (χ1v) is 9.85. The molecule has 1 nitrogen and oxygen atoms in total. The van der Waals surface area contributed by atoms with Crippen LogP contribution < -0.4 is 3.32 Å². The molecule has 2 aromatic rings. The minimum absolute atomic E-state index is 0. The summed E-state index contributed by atoms with van der Waals surface area (Å²) in [6.07, 6.45) is 5.62. The molecule has 0 bridgehead atoms. The normalized spacial score (nSPS) is 13.1. The fourth-order valence-corrected chi connectivity index (χ4v) is 4.79. The number of benzene rings is 2. The second-order valence-corrected chi connectivity index (χ2v) is 8.93. The molecule has 0 N–H and O–H groups in total. The monoisotopic (exact) mass is 424 g/mol. The van der Waals surface area contributed by atoms with Gasteiger partial charge in [-0.1, -0.05) is 0 Å². The summed E-state index contributed by atoms with van der Waals surface area (Å²) in [5.41, 5.74) is 5.39. The molecule has 0 saturated heterocycles. The molecule has 2 aromatic carbocycles. The van der Waals surface area contributed by atoms with Crippen LogP contribution in [0.3, 0.4) is 0 Å². The van der Waals surface area contributed by atoms with Gasteiger partial charge < -0.3 is 0 Å². The van der Waals surface area contributed by atoms with Crippen molar-refractivity contribution in [2.24, 2.45) is 5.41 Å². The Morgan fingerprint density at radius 2 is 1.62 bits per heavy atom. The summed E-state index contributed by atoms with van der Waals surface area (Å²) in [6, 6.07) is 17.1. The Kier molecular flexibility index (Phi) is 8.70. The van der Waals surface area contributed by atoms with Crippen LogP contribution in [-0.2, 0) is 19.5 Å². The predicted molar refractivity (Wildman–Crippen MR) is 112 cm³/mol. The van der Waals surface area contributed by atoms with Crippen molar-refractivity contribution >= 4 is 24.8 Å². The molecule has 3 rings (SSSR count). The third-order valence-corrected chi connectivity index (χ3v) is 5.84. The molecule has 0 spiro atoms. The summed E-state index contributed by atoms with van der Waals surface area (Å²) in [7, 11) is 0. The van der Waals surface area contributed by atoms with E-state index in [1.165, 1.54) is 26.1 Å². The van der Waals surface area contributed by atoms with E-state index in [4.69, 9.17) is 3.32 Å². The van der Waals surface area contributed by atoms with E-state index in [1.54, 1.807) is 0 Å². The summed E-state index contributed by atoms with van der Waals surface area (Å²) in [4.78, 5) is 0. The van der Waals surface area contributed by atoms with Gasteiger partial charge in [-0.2, -0.15) is 0 Å². The third kappa shape index (κ3) is 5.76. The van der Waals surface area contributed by atoms with Gasteiger partial charge in [0.15, 0.2) is 0 Å². The van der Waals surface area contributed by atoms with E-state index in [1.807, 2.05) is 0 Å². The summed E-state index contributed by atoms with van der Waals surface area (Å²) in [5, 5.41) is 0. The van der Waals surface area contributed by atoms with Gasteiger partial charge in [-0.05, 0) is 0 Å². The molecule has 0 heterocycles. The van der Waals surface area contributed by atoms with Crippen molar-refractivity contribution in [2.75, 3.05) is 0 Å². The first kappa shape index (κ1) is 23.1. The van der Waals surface area contributed by atoms with Crippen molar-refractivity contribution in [1.82, 2.24) is 0 Å². The molecular formula is C22H26Cl2OTi. The molecule has 0 aromatic heterocycles. The average molecular weight is 425 g/mol. The number of hydrogen-bond acceptors (Lipinski definition) is 1. The smallest absolute Gasteiger partial charge is 0.147 e. The first-order valence-electron chi connectivity index (χ1n) is 8.43. The number of hydrogen-bond donors (Lipinski definition) is 0. The van der Waals surface area contributed by atoms with Crippen molar-refractivity contribution in [2.45, 2.75) is 34.1 Å². The Bertz CT molecular complexity index is 790. The van der Waals surface area contributed by atoms with Crippen molar-refractivity contribution in [3.8, 4) is 16.9 Å². The Labute approximate surface area is 179 Å². The van der Waals surface area contributed by atoms with Crippen molar-refractivity contribution in [1.29, 1.82) is 0 Å². The van der Waals surface area contributed by atoms with Crippen LogP contribution in [0.2, 0.25) is 0 Å². The van der Waals surface area contributed by atoms with Crippen LogP contribution in [0.25, 0.3) is 11.1 Å². The van der Waals surface area contributed by atoms with Gasteiger partial charge in [0.05, 0.1) is 0 Å². The van der Waals surface area contributed by atoms with Gasteiger partial charge in [-0.3, -0.25) is 0 Å². The largest absolute Gasteiger partial charge is 0.147 e. The SMILES string of the molecule is Cc1cc([O][Ti][C]2=C(C(C)(C)C)C=CC2)cc(-c2ccccc2)c1.Cl.Cl. The van der Waals surface area contributed by atoms with Gasteiger partial charge in [0.2, 0.25) is 0 Å². The summed E-state index contributed by atoms with van der Waals surface area (Å²) in [5.74, 6) is 1.00. The summed E-state index contributed by atoms with van der Waals surface area (Å²) < 4.78 is 7.80. The van der Waals surface area contributed by atoms with Gasteiger partial charge in [0.1, 0.15) is 0 Å². The maximum Gasteiger partial charge on any atom is -0.147 e. The molecule has 0 unspecified atom stereocenters. The second kappa shape index (κ2) is 9.81. The van der Waals surface area contributed by atoms with Crippen LogP contribution in [0.15, 0.2) is 70.1 Å². The third-order valence-electron chi connectivity index (χ3n) is 4.19. The molecule has 1 aliphatic carbocycles. The Balaban J connectivity index is 0.00000169. The number of aryl methyl sites for hydroxylation is 1. The zero-order chi connectivity index (χ0) is 17.2. The molecular weight excluding hydrogens is 399 g/mol. The topological polar surface area (TPSA) is 9.23 Å². The summed E-state index contributed by atoms with van der Waals surface area (Å²) in [6.45, 7) is 8.98. The van der Waals surface area contributed by atoms with E-state index < -0.39 is 19.5 Å². The molecule has 0 fully saturated rings. The van der Waals surface area contributed by atoms with Crippen LogP contribution >= 0.6 is 24.8 Å². The van der Waals surface area contributed by atoms with Crippen LogP contribution in [0, 0.1) is 12.3 Å². The van der Waals surface area contributed by atoms with E-state index in [0.29, 0.717) is 0 Å². The molecule has 0 aliphatic heterocycles. The minimum atomic E-state index is -0.593. The van der Waals surface area contributed by atoms with Crippen molar-refractivity contribution in [3.63, 3.8) is 0 Å². The Hall–Kier alpha value is -0.986. The second-order valence-electron chi connectivity index (χ2n) is 7.35. The average Bonchev–Trinajstić information content (AvgIpc) is 3.02. The van der Waals surface area contributed by atoms with Gasteiger partial charge in [0, 0.05) is 0 Å². The molecule has 0 radical (unpaired) electrons. The van der Waals surface area contributed by atoms with Crippen LogP contribution in [0.5, 0.6) is 5.75 Å². The molecule has 0 amide bonds. The summed E-state index contributed by atoms with van der Waals surface area (Å²) >= 11 is -0.593. The molecule has 138 valence electrons. The predicted octanol–water partition coefficient (Wildman–Crippen LogP) is 7.14.